The van der Waals surface area contributed by atoms with Gasteiger partial charge in [0.2, 0.25) is 0 Å². The summed E-state index contributed by atoms with van der Waals surface area (Å²) in [5, 5.41) is 3.86. The molecule has 0 aromatic rings. The molecule has 0 saturated carbocycles. The summed E-state index contributed by atoms with van der Waals surface area (Å²) in [7, 11) is 1.37. The molecule has 2 nitrogen and oxygen atoms in total. The zero-order valence-electron chi connectivity index (χ0n) is 5.37. The van der Waals surface area contributed by atoms with Crippen LogP contribution in [-0.4, -0.2) is 13.1 Å². The molecule has 0 N–H and O–H groups in total. The fraction of sp³-hybridized carbons (Fsp3) is 0.167. The maximum Gasteiger partial charge on any atom is 0.332 e. The molecule has 0 saturated heterocycles. The lowest BCUT2D eigenvalue weighted by molar-refractivity contribution is -0.134. The van der Waals surface area contributed by atoms with Crippen LogP contribution in [-0.2, 0) is 9.53 Å². The zero-order chi connectivity index (χ0) is 7.40. The van der Waals surface area contributed by atoms with Crippen molar-refractivity contribution in [1.82, 2.24) is 0 Å². The van der Waals surface area contributed by atoms with Crippen molar-refractivity contribution in [2.45, 2.75) is 0 Å². The molecule has 54 valence electrons. The molecule has 0 aromatic heterocycles. The number of thioether (sulfide) groups is 2. The van der Waals surface area contributed by atoms with Crippen molar-refractivity contribution in [2.24, 2.45) is 0 Å². The minimum absolute atomic E-state index is 0.293. The van der Waals surface area contributed by atoms with Crippen molar-refractivity contribution >= 4 is 29.5 Å². The topological polar surface area (TPSA) is 26.3 Å². The molecule has 0 aliphatic carbocycles. The SMILES string of the molecule is COC(=O)C=C1SC=CS1. The lowest BCUT2D eigenvalue weighted by Crippen LogP contribution is -1.93. The van der Waals surface area contributed by atoms with Crippen molar-refractivity contribution in [3.8, 4) is 0 Å². The van der Waals surface area contributed by atoms with E-state index >= 15 is 0 Å². The summed E-state index contributed by atoms with van der Waals surface area (Å²) in [6.07, 6.45) is 1.48. The molecule has 0 spiro atoms. The predicted octanol–water partition coefficient (Wildman–Crippen LogP) is 1.95. The molecular formula is C6H6O2S2. The first-order valence-electron chi connectivity index (χ1n) is 2.61. The fourth-order valence-corrected chi connectivity index (χ4v) is 2.04. The molecule has 0 unspecified atom stereocenters. The van der Waals surface area contributed by atoms with Gasteiger partial charge in [-0.05, 0) is 10.8 Å². The second kappa shape index (κ2) is 3.73. The number of carbonyl (C=O) groups excluding carboxylic acids is 1. The van der Waals surface area contributed by atoms with Gasteiger partial charge in [-0.15, -0.1) is 0 Å². The van der Waals surface area contributed by atoms with Crippen molar-refractivity contribution in [3.05, 3.63) is 21.1 Å². The van der Waals surface area contributed by atoms with Gasteiger partial charge in [0.05, 0.1) is 11.3 Å². The van der Waals surface area contributed by atoms with Crippen LogP contribution < -0.4 is 0 Å². The van der Waals surface area contributed by atoms with E-state index in [4.69, 9.17) is 0 Å². The maximum absolute atomic E-state index is 10.6. The van der Waals surface area contributed by atoms with E-state index in [0.29, 0.717) is 0 Å². The highest BCUT2D eigenvalue weighted by molar-refractivity contribution is 8.27. The van der Waals surface area contributed by atoms with Gasteiger partial charge in [-0.1, -0.05) is 23.5 Å². The summed E-state index contributed by atoms with van der Waals surface area (Å²) in [5.41, 5.74) is 0. The normalized spacial score (nSPS) is 15.5. The second-order valence-corrected chi connectivity index (χ2v) is 3.65. The van der Waals surface area contributed by atoms with Crippen LogP contribution in [0.3, 0.4) is 0 Å². The summed E-state index contributed by atoms with van der Waals surface area (Å²) in [6.45, 7) is 0. The molecule has 0 atom stereocenters. The molecule has 0 aromatic carbocycles. The van der Waals surface area contributed by atoms with Gasteiger partial charge in [-0.25, -0.2) is 4.79 Å². The molecule has 4 heteroatoms. The average Bonchev–Trinajstić information content (AvgIpc) is 2.40. The standard InChI is InChI=1S/C6H6O2S2/c1-8-5(7)4-6-9-2-3-10-6/h2-4H,1H3. The minimum atomic E-state index is -0.293. The number of esters is 1. The molecule has 0 radical (unpaired) electrons. The average molecular weight is 174 g/mol. The third kappa shape index (κ3) is 2.11. The van der Waals surface area contributed by atoms with Crippen molar-refractivity contribution in [1.29, 1.82) is 0 Å². The van der Waals surface area contributed by atoms with Crippen LogP contribution in [0.4, 0.5) is 0 Å². The molecule has 1 aliphatic rings. The van der Waals surface area contributed by atoms with Crippen molar-refractivity contribution in [2.75, 3.05) is 7.11 Å². The Morgan fingerprint density at radius 3 is 2.70 bits per heavy atom. The van der Waals surface area contributed by atoms with Gasteiger partial charge in [0.15, 0.2) is 0 Å². The Hall–Kier alpha value is -0.350. The molecule has 0 bridgehead atoms. The fourth-order valence-electron chi connectivity index (χ4n) is 0.441. The predicted molar refractivity (Wildman–Crippen MR) is 44.4 cm³/mol. The number of hydrogen-bond acceptors (Lipinski definition) is 4. The van der Waals surface area contributed by atoms with Crippen LogP contribution in [0.5, 0.6) is 0 Å². The highest BCUT2D eigenvalue weighted by Gasteiger charge is 2.04. The van der Waals surface area contributed by atoms with E-state index < -0.39 is 0 Å². The van der Waals surface area contributed by atoms with Crippen molar-refractivity contribution < 1.29 is 9.53 Å². The Balaban J connectivity index is 2.47. The lowest BCUT2D eigenvalue weighted by atomic mass is 10.7. The summed E-state index contributed by atoms with van der Waals surface area (Å²) in [4.78, 5) is 10.6. The molecule has 10 heavy (non-hydrogen) atoms. The third-order valence-corrected chi connectivity index (χ3v) is 2.86. The lowest BCUT2D eigenvalue weighted by Gasteiger charge is -1.92. The van der Waals surface area contributed by atoms with Crippen molar-refractivity contribution in [3.63, 3.8) is 0 Å². The largest absolute Gasteiger partial charge is 0.466 e. The van der Waals surface area contributed by atoms with Gasteiger partial charge in [0, 0.05) is 6.08 Å². The van der Waals surface area contributed by atoms with Crippen LogP contribution in [0, 0.1) is 0 Å². The second-order valence-electron chi connectivity index (χ2n) is 1.49. The summed E-state index contributed by atoms with van der Waals surface area (Å²) in [6, 6.07) is 0. The van der Waals surface area contributed by atoms with Gasteiger partial charge in [0.1, 0.15) is 0 Å². The third-order valence-electron chi connectivity index (χ3n) is 0.861. The van der Waals surface area contributed by atoms with Crippen LogP contribution >= 0.6 is 23.5 Å². The Kier molecular flexibility index (Phi) is 2.89. The Bertz CT molecular complexity index is 186. The van der Waals surface area contributed by atoms with Crippen LogP contribution in [0.15, 0.2) is 21.1 Å². The Morgan fingerprint density at radius 1 is 1.60 bits per heavy atom. The van der Waals surface area contributed by atoms with Gasteiger partial charge in [-0.2, -0.15) is 0 Å². The number of hydrogen-bond donors (Lipinski definition) is 0. The van der Waals surface area contributed by atoms with Crippen LogP contribution in [0.1, 0.15) is 0 Å². The summed E-state index contributed by atoms with van der Waals surface area (Å²) >= 11 is 3.06. The molecule has 1 rings (SSSR count). The Morgan fingerprint density at radius 2 is 2.20 bits per heavy atom. The highest BCUT2D eigenvalue weighted by atomic mass is 32.2. The number of methoxy groups -OCH3 is 1. The first kappa shape index (κ1) is 7.75. The maximum atomic E-state index is 10.6. The summed E-state index contributed by atoms with van der Waals surface area (Å²) in [5.74, 6) is -0.293. The highest BCUT2D eigenvalue weighted by Crippen LogP contribution is 2.36. The van der Waals surface area contributed by atoms with E-state index in [1.54, 1.807) is 0 Å². The summed E-state index contributed by atoms with van der Waals surface area (Å²) < 4.78 is 5.41. The monoisotopic (exact) mass is 174 g/mol. The first-order valence-corrected chi connectivity index (χ1v) is 4.37. The van der Waals surface area contributed by atoms with E-state index in [0.717, 1.165) is 4.24 Å². The van der Waals surface area contributed by atoms with E-state index in [1.807, 2.05) is 10.8 Å². The minimum Gasteiger partial charge on any atom is -0.466 e. The number of ether oxygens (including phenoxy) is 1. The molecule has 0 fully saturated rings. The van der Waals surface area contributed by atoms with Gasteiger partial charge in [-0.3, -0.25) is 0 Å². The smallest absolute Gasteiger partial charge is 0.332 e. The van der Waals surface area contributed by atoms with Gasteiger partial charge >= 0.3 is 5.97 Å². The number of carbonyl (C=O) groups is 1. The molecule has 0 amide bonds. The van der Waals surface area contributed by atoms with Crippen LogP contribution in [0.25, 0.3) is 0 Å². The van der Waals surface area contributed by atoms with E-state index in [9.17, 15) is 4.79 Å². The Labute approximate surface area is 67.7 Å². The van der Waals surface area contributed by atoms with E-state index in [1.165, 1.54) is 36.7 Å². The van der Waals surface area contributed by atoms with Gasteiger partial charge < -0.3 is 4.74 Å². The first-order chi connectivity index (χ1) is 4.83. The van der Waals surface area contributed by atoms with Gasteiger partial charge in [0.25, 0.3) is 0 Å². The molecular weight excluding hydrogens is 168 g/mol. The quantitative estimate of drug-likeness (QED) is 0.448. The van der Waals surface area contributed by atoms with Crippen LogP contribution in [0.2, 0.25) is 0 Å². The van der Waals surface area contributed by atoms with E-state index in [2.05, 4.69) is 4.74 Å². The zero-order valence-corrected chi connectivity index (χ0v) is 7.00. The molecule has 1 heterocycles. The van der Waals surface area contributed by atoms with E-state index in [-0.39, 0.29) is 5.97 Å². The number of rotatable bonds is 1. The molecule has 1 aliphatic heterocycles.